The number of nitrogens with one attached hydrogen (secondary N) is 1. The fourth-order valence-corrected chi connectivity index (χ4v) is 3.23. The highest BCUT2D eigenvalue weighted by atomic mass is 127. The third-order valence-electron chi connectivity index (χ3n) is 3.97. The molecule has 0 atom stereocenters. The molecule has 4 rings (SSSR count). The number of halogens is 1. The molecule has 7 nitrogen and oxygen atoms in total. The highest BCUT2D eigenvalue weighted by Gasteiger charge is 2.11. The van der Waals surface area contributed by atoms with Crippen molar-refractivity contribution >= 4 is 39.9 Å². The summed E-state index contributed by atoms with van der Waals surface area (Å²) >= 11 is 2.22. The predicted molar refractivity (Wildman–Crippen MR) is 105 cm³/mol. The van der Waals surface area contributed by atoms with Gasteiger partial charge in [-0.3, -0.25) is 4.57 Å². The highest BCUT2D eigenvalue weighted by Crippen LogP contribution is 2.22. The number of morpholine rings is 1. The van der Waals surface area contributed by atoms with Crippen LogP contribution in [0.25, 0.3) is 5.82 Å². The average molecular weight is 448 g/mol. The molecule has 1 aliphatic heterocycles. The number of nitrogens with zero attached hydrogens (tertiary/aromatic N) is 5. The first kappa shape index (κ1) is 16.3. The summed E-state index contributed by atoms with van der Waals surface area (Å²) in [5.74, 6) is 1.36. The first-order valence-corrected chi connectivity index (χ1v) is 9.08. The molecule has 0 unspecified atom stereocenters. The number of aromatic nitrogens is 4. The van der Waals surface area contributed by atoms with Crippen molar-refractivity contribution in [3.05, 3.63) is 52.8 Å². The summed E-state index contributed by atoms with van der Waals surface area (Å²) in [5.41, 5.74) is 2.16. The largest absolute Gasteiger partial charge is 0.378 e. The SMILES string of the molecule is Ic1cnc(Nc2ccc(N3CCOCC3)cc2)nc1-n1ccnc1. The minimum absolute atomic E-state index is 0.559. The van der Waals surface area contributed by atoms with E-state index < -0.39 is 0 Å². The molecule has 0 aliphatic carbocycles. The van der Waals surface area contributed by atoms with E-state index in [1.165, 1.54) is 5.69 Å². The Morgan fingerprint density at radius 2 is 1.92 bits per heavy atom. The predicted octanol–water partition coefficient (Wildman–Crippen LogP) is 2.85. The van der Waals surface area contributed by atoms with E-state index in [1.54, 1.807) is 18.7 Å². The Labute approximate surface area is 159 Å². The van der Waals surface area contributed by atoms with E-state index in [9.17, 15) is 0 Å². The number of imidazole rings is 1. The Balaban J connectivity index is 1.51. The summed E-state index contributed by atoms with van der Waals surface area (Å²) in [6.45, 7) is 3.43. The molecule has 8 heteroatoms. The van der Waals surface area contributed by atoms with Gasteiger partial charge in [-0.1, -0.05) is 0 Å². The molecule has 1 N–H and O–H groups in total. The van der Waals surface area contributed by atoms with Gasteiger partial charge >= 0.3 is 0 Å². The van der Waals surface area contributed by atoms with Gasteiger partial charge in [0, 0.05) is 43.1 Å². The van der Waals surface area contributed by atoms with Crippen molar-refractivity contribution in [1.82, 2.24) is 19.5 Å². The van der Waals surface area contributed by atoms with Gasteiger partial charge in [-0.05, 0) is 46.9 Å². The molecule has 1 saturated heterocycles. The number of hydrogen-bond donors (Lipinski definition) is 1. The van der Waals surface area contributed by atoms with E-state index in [2.05, 4.69) is 59.9 Å². The number of rotatable bonds is 4. The van der Waals surface area contributed by atoms with Crippen LogP contribution in [0.4, 0.5) is 17.3 Å². The highest BCUT2D eigenvalue weighted by molar-refractivity contribution is 14.1. The zero-order chi connectivity index (χ0) is 17.1. The lowest BCUT2D eigenvalue weighted by Gasteiger charge is -2.28. The first-order chi connectivity index (χ1) is 12.3. The summed E-state index contributed by atoms with van der Waals surface area (Å²) in [6, 6.07) is 8.31. The van der Waals surface area contributed by atoms with Crippen LogP contribution in [0.1, 0.15) is 0 Å². The van der Waals surface area contributed by atoms with Crippen LogP contribution in [0, 0.1) is 3.57 Å². The Morgan fingerprint density at radius 3 is 2.64 bits per heavy atom. The minimum atomic E-state index is 0.559. The molecule has 3 aromatic rings. The van der Waals surface area contributed by atoms with E-state index in [0.717, 1.165) is 41.4 Å². The second-order valence-corrected chi connectivity index (χ2v) is 6.77. The van der Waals surface area contributed by atoms with E-state index in [4.69, 9.17) is 4.74 Å². The molecule has 1 fully saturated rings. The summed E-state index contributed by atoms with van der Waals surface area (Å²) in [5, 5.41) is 3.26. The lowest BCUT2D eigenvalue weighted by atomic mass is 10.2. The lowest BCUT2D eigenvalue weighted by Crippen LogP contribution is -2.36. The van der Waals surface area contributed by atoms with Crippen molar-refractivity contribution in [2.24, 2.45) is 0 Å². The van der Waals surface area contributed by atoms with Gasteiger partial charge in [0.1, 0.15) is 6.33 Å². The minimum Gasteiger partial charge on any atom is -0.378 e. The van der Waals surface area contributed by atoms with Crippen LogP contribution in [-0.2, 0) is 4.74 Å². The van der Waals surface area contributed by atoms with Crippen LogP contribution in [-0.4, -0.2) is 45.8 Å². The molecule has 1 aliphatic rings. The second kappa shape index (κ2) is 7.36. The molecular weight excluding hydrogens is 431 g/mol. The van der Waals surface area contributed by atoms with Gasteiger partial charge in [0.2, 0.25) is 5.95 Å². The van der Waals surface area contributed by atoms with E-state index >= 15 is 0 Å². The summed E-state index contributed by atoms with van der Waals surface area (Å²) in [7, 11) is 0. The molecule has 0 radical (unpaired) electrons. The standard InChI is InChI=1S/C17H17IN6O/c18-15-11-20-17(22-16(15)24-6-5-19-12-24)21-13-1-3-14(4-2-13)23-7-9-25-10-8-23/h1-6,11-12H,7-10H2,(H,20,21,22). The van der Waals surface area contributed by atoms with Crippen LogP contribution < -0.4 is 10.2 Å². The average Bonchev–Trinajstić information content (AvgIpc) is 3.19. The van der Waals surface area contributed by atoms with E-state index in [0.29, 0.717) is 5.95 Å². The third-order valence-corrected chi connectivity index (χ3v) is 4.74. The van der Waals surface area contributed by atoms with E-state index in [1.807, 2.05) is 22.9 Å². The topological polar surface area (TPSA) is 68.1 Å². The van der Waals surface area contributed by atoms with Crippen molar-refractivity contribution in [1.29, 1.82) is 0 Å². The number of benzene rings is 1. The first-order valence-electron chi connectivity index (χ1n) is 8.00. The summed E-state index contributed by atoms with van der Waals surface area (Å²) < 4.78 is 8.23. The maximum absolute atomic E-state index is 5.40. The third kappa shape index (κ3) is 3.74. The van der Waals surface area contributed by atoms with Crippen LogP contribution in [0.5, 0.6) is 0 Å². The molecule has 25 heavy (non-hydrogen) atoms. The zero-order valence-corrected chi connectivity index (χ0v) is 15.6. The van der Waals surface area contributed by atoms with Gasteiger partial charge in [-0.15, -0.1) is 0 Å². The van der Waals surface area contributed by atoms with Crippen molar-refractivity contribution in [2.45, 2.75) is 0 Å². The van der Waals surface area contributed by atoms with Crippen molar-refractivity contribution in [3.63, 3.8) is 0 Å². The molecule has 2 aromatic heterocycles. The molecule has 0 saturated carbocycles. The fraction of sp³-hybridized carbons (Fsp3) is 0.235. The molecule has 0 bridgehead atoms. The van der Waals surface area contributed by atoms with E-state index in [-0.39, 0.29) is 0 Å². The molecule has 1 aromatic carbocycles. The summed E-state index contributed by atoms with van der Waals surface area (Å²) in [4.78, 5) is 15.4. The second-order valence-electron chi connectivity index (χ2n) is 5.61. The monoisotopic (exact) mass is 448 g/mol. The molecule has 0 spiro atoms. The molecule has 128 valence electrons. The van der Waals surface area contributed by atoms with Crippen molar-refractivity contribution in [3.8, 4) is 5.82 Å². The van der Waals surface area contributed by atoms with Gasteiger partial charge in [0.15, 0.2) is 5.82 Å². The van der Waals surface area contributed by atoms with Crippen LogP contribution in [0.3, 0.4) is 0 Å². The number of hydrogen-bond acceptors (Lipinski definition) is 6. The maximum atomic E-state index is 5.40. The van der Waals surface area contributed by atoms with Gasteiger partial charge in [-0.25, -0.2) is 9.97 Å². The Hall–Kier alpha value is -2.20. The molecule has 3 heterocycles. The molecule has 0 amide bonds. The number of ether oxygens (including phenoxy) is 1. The number of anilines is 3. The van der Waals surface area contributed by atoms with Gasteiger partial charge in [0.25, 0.3) is 0 Å². The van der Waals surface area contributed by atoms with Gasteiger partial charge in [-0.2, -0.15) is 4.98 Å². The quantitative estimate of drug-likeness (QED) is 0.620. The fourth-order valence-electron chi connectivity index (χ4n) is 2.69. The Kier molecular flexibility index (Phi) is 4.79. The van der Waals surface area contributed by atoms with Crippen molar-refractivity contribution < 1.29 is 4.74 Å². The van der Waals surface area contributed by atoms with Crippen LogP contribution >= 0.6 is 22.6 Å². The smallest absolute Gasteiger partial charge is 0.229 e. The maximum Gasteiger partial charge on any atom is 0.229 e. The zero-order valence-electron chi connectivity index (χ0n) is 13.5. The van der Waals surface area contributed by atoms with Gasteiger partial charge < -0.3 is 15.0 Å². The van der Waals surface area contributed by atoms with Crippen LogP contribution in [0.15, 0.2) is 49.2 Å². The Bertz CT molecular complexity index is 831. The normalized spacial score (nSPS) is 14.5. The van der Waals surface area contributed by atoms with Gasteiger partial charge in [0.05, 0.1) is 16.8 Å². The summed E-state index contributed by atoms with van der Waals surface area (Å²) in [6.07, 6.45) is 7.12. The molecular formula is C17H17IN6O. The lowest BCUT2D eigenvalue weighted by molar-refractivity contribution is 0.122. The Morgan fingerprint density at radius 1 is 1.12 bits per heavy atom. The van der Waals surface area contributed by atoms with Crippen LogP contribution in [0.2, 0.25) is 0 Å². The van der Waals surface area contributed by atoms with Crippen molar-refractivity contribution in [2.75, 3.05) is 36.5 Å².